The van der Waals surface area contributed by atoms with Crippen molar-refractivity contribution < 1.29 is 10.2 Å². The molecule has 5 heterocycles. The van der Waals surface area contributed by atoms with E-state index in [0.717, 1.165) is 69.8 Å². The molecule has 5 rings (SSSR count). The number of hydrogen-bond acceptors (Lipinski definition) is 5. The van der Waals surface area contributed by atoms with Crippen molar-refractivity contribution in [2.45, 2.75) is 103 Å². The van der Waals surface area contributed by atoms with Crippen molar-refractivity contribution >= 4 is 35.0 Å². The topological polar surface area (TPSA) is 93.3 Å². The number of fused-ring (bicyclic) bond motifs is 5. The Hall–Kier alpha value is -3.77. The molecule has 1 aromatic heterocycles. The molecule has 6 nitrogen and oxygen atoms in total. The molecular weight excluding hydrogens is 544 g/mol. The largest absolute Gasteiger partial charge is 0.512 e. The van der Waals surface area contributed by atoms with Crippen molar-refractivity contribution in [3.8, 4) is 0 Å². The van der Waals surface area contributed by atoms with E-state index in [1.165, 1.54) is 77.0 Å². The first-order valence-corrected chi connectivity index (χ1v) is 16.9. The van der Waals surface area contributed by atoms with Gasteiger partial charge >= 0.3 is 0 Å². The van der Waals surface area contributed by atoms with Gasteiger partial charge in [0, 0.05) is 23.9 Å². The number of rotatable bonds is 17. The molecule has 0 spiro atoms. The van der Waals surface area contributed by atoms with Crippen LogP contribution in [0.25, 0.3) is 17.9 Å². The van der Waals surface area contributed by atoms with E-state index in [1.807, 2.05) is 66.8 Å². The lowest BCUT2D eigenvalue weighted by Gasteiger charge is -2.04. The van der Waals surface area contributed by atoms with Gasteiger partial charge in [-0.25, -0.2) is 15.0 Å². The third kappa shape index (κ3) is 9.88. The molecule has 0 aliphatic carbocycles. The number of aliphatic imine (C=N–C) groups is 3. The van der Waals surface area contributed by atoms with E-state index >= 15 is 0 Å². The van der Waals surface area contributed by atoms with Crippen LogP contribution in [-0.4, -0.2) is 38.9 Å². The summed E-state index contributed by atoms with van der Waals surface area (Å²) >= 11 is 0. The fourth-order valence-corrected chi connectivity index (χ4v) is 6.04. The number of aromatic nitrogens is 1. The minimum absolute atomic E-state index is 0.340. The number of unbranched alkanes of at least 4 members (excludes halogenated alkanes) is 14. The minimum atomic E-state index is 0.340. The van der Waals surface area contributed by atoms with Crippen LogP contribution in [0.5, 0.6) is 0 Å². The van der Waals surface area contributed by atoms with Gasteiger partial charge in [-0.2, -0.15) is 0 Å². The van der Waals surface area contributed by atoms with Crippen LogP contribution in [0.4, 0.5) is 0 Å². The van der Waals surface area contributed by atoms with Crippen LogP contribution >= 0.6 is 0 Å². The van der Waals surface area contributed by atoms with Gasteiger partial charge in [-0.3, -0.25) is 0 Å². The minimum Gasteiger partial charge on any atom is -0.512 e. The number of nitrogens with one attached hydrogen (secondary N) is 1. The van der Waals surface area contributed by atoms with Crippen LogP contribution in [0.2, 0.25) is 0 Å². The van der Waals surface area contributed by atoms with E-state index in [9.17, 15) is 5.11 Å². The highest BCUT2D eigenvalue weighted by atomic mass is 16.3. The summed E-state index contributed by atoms with van der Waals surface area (Å²) in [6.45, 7) is 0.340. The van der Waals surface area contributed by atoms with E-state index in [-0.39, 0.29) is 0 Å². The van der Waals surface area contributed by atoms with E-state index in [2.05, 4.69) is 9.98 Å². The highest BCUT2D eigenvalue weighted by molar-refractivity contribution is 6.20. The highest BCUT2D eigenvalue weighted by Crippen LogP contribution is 2.19. The van der Waals surface area contributed by atoms with Crippen molar-refractivity contribution in [2.24, 2.45) is 15.0 Å². The van der Waals surface area contributed by atoms with Gasteiger partial charge in [0.15, 0.2) is 0 Å². The Labute approximate surface area is 262 Å². The Bertz CT molecular complexity index is 1560. The van der Waals surface area contributed by atoms with Crippen molar-refractivity contribution in [1.29, 1.82) is 0 Å². The summed E-state index contributed by atoms with van der Waals surface area (Å²) in [6.07, 6.45) is 39.4. The first-order chi connectivity index (χ1) is 21.7. The lowest BCUT2D eigenvalue weighted by Crippen LogP contribution is -2.26. The Morgan fingerprint density at radius 1 is 0.523 bits per heavy atom. The normalized spacial score (nSPS) is 17.2. The molecule has 4 aliphatic rings. The number of nitrogens with zero attached hydrogens (tertiary/aromatic N) is 3. The summed E-state index contributed by atoms with van der Waals surface area (Å²) < 4.78 is 0. The van der Waals surface area contributed by atoms with E-state index in [4.69, 9.17) is 15.1 Å². The fourth-order valence-electron chi connectivity index (χ4n) is 6.04. The summed E-state index contributed by atoms with van der Waals surface area (Å²) in [7, 11) is 0. The van der Waals surface area contributed by atoms with Crippen LogP contribution in [0.1, 0.15) is 108 Å². The van der Waals surface area contributed by atoms with E-state index in [0.29, 0.717) is 18.8 Å². The number of hydrogen-bond donors (Lipinski definition) is 3. The molecule has 8 bridgehead atoms. The predicted octanol–water partition coefficient (Wildman–Crippen LogP) is 7.85. The zero-order chi connectivity index (χ0) is 30.4. The maximum Gasteiger partial charge on any atom is 0.102 e. The van der Waals surface area contributed by atoms with E-state index in [1.54, 1.807) is 0 Å². The average Bonchev–Trinajstić information content (AvgIpc) is 3.83. The molecule has 0 unspecified atom stereocenters. The van der Waals surface area contributed by atoms with Gasteiger partial charge < -0.3 is 15.2 Å². The molecular formula is C38H48N4O2. The number of aliphatic hydroxyl groups excluding tert-OH is 2. The summed E-state index contributed by atoms with van der Waals surface area (Å²) in [4.78, 5) is 17.7. The lowest BCUT2D eigenvalue weighted by atomic mass is 10.0. The van der Waals surface area contributed by atoms with Gasteiger partial charge in [-0.05, 0) is 79.7 Å². The smallest absolute Gasteiger partial charge is 0.102 e. The third-order valence-electron chi connectivity index (χ3n) is 8.49. The maximum atomic E-state index is 11.2. The molecule has 0 saturated heterocycles. The Kier molecular flexibility index (Phi) is 12.2. The van der Waals surface area contributed by atoms with Crippen molar-refractivity contribution in [1.82, 2.24) is 4.98 Å². The monoisotopic (exact) mass is 592 g/mol. The Balaban J connectivity index is 1.11. The third-order valence-corrected chi connectivity index (χ3v) is 8.49. The molecule has 1 aromatic rings. The van der Waals surface area contributed by atoms with Crippen molar-refractivity contribution in [3.05, 3.63) is 88.0 Å². The first kappa shape index (κ1) is 31.6. The summed E-state index contributed by atoms with van der Waals surface area (Å²) in [5, 5.41) is 21.7. The predicted molar refractivity (Wildman–Crippen MR) is 185 cm³/mol. The zero-order valence-electron chi connectivity index (χ0n) is 26.1. The molecule has 0 saturated carbocycles. The van der Waals surface area contributed by atoms with Crippen LogP contribution in [0.15, 0.2) is 86.7 Å². The summed E-state index contributed by atoms with van der Waals surface area (Å²) in [6, 6.07) is 2.02. The molecule has 0 amide bonds. The van der Waals surface area contributed by atoms with Crippen molar-refractivity contribution in [3.63, 3.8) is 0 Å². The van der Waals surface area contributed by atoms with E-state index < -0.39 is 0 Å². The van der Waals surface area contributed by atoms with Crippen molar-refractivity contribution in [2.75, 3.05) is 6.61 Å². The van der Waals surface area contributed by atoms with Gasteiger partial charge in [0.1, 0.15) is 5.76 Å². The van der Waals surface area contributed by atoms with Gasteiger partial charge in [0.2, 0.25) is 0 Å². The molecule has 0 aromatic carbocycles. The van der Waals surface area contributed by atoms with Gasteiger partial charge in [-0.15, -0.1) is 0 Å². The Morgan fingerprint density at radius 2 is 0.955 bits per heavy atom. The SMILES string of the molecule is OCCCCCCCCCCCCCCCCCC(O)=c1cc2[nH]c1=CC1=NC(=CC3=NC(=CC4=NC(=C2)C=C4)C=C3)C=C1. The number of H-pyrrole nitrogens is 1. The zero-order valence-corrected chi connectivity index (χ0v) is 26.1. The molecule has 0 radical (unpaired) electrons. The van der Waals surface area contributed by atoms with Gasteiger partial charge in [0.25, 0.3) is 0 Å². The lowest BCUT2D eigenvalue weighted by molar-refractivity contribution is 0.282. The second-order valence-electron chi connectivity index (χ2n) is 12.2. The van der Waals surface area contributed by atoms with Crippen LogP contribution in [0.3, 0.4) is 0 Å². The second kappa shape index (κ2) is 16.9. The molecule has 0 fully saturated rings. The molecule has 6 heteroatoms. The van der Waals surface area contributed by atoms with Gasteiger partial charge in [-0.1, -0.05) is 83.5 Å². The second-order valence-corrected chi connectivity index (χ2v) is 12.2. The average molecular weight is 593 g/mol. The Morgan fingerprint density at radius 3 is 1.45 bits per heavy atom. The highest BCUT2D eigenvalue weighted by Gasteiger charge is 2.11. The summed E-state index contributed by atoms with van der Waals surface area (Å²) in [5.74, 6) is 0.425. The molecule has 4 aliphatic heterocycles. The first-order valence-electron chi connectivity index (χ1n) is 16.9. The number of aliphatic hydroxyl groups is 2. The quantitative estimate of drug-likeness (QED) is 0.161. The molecule has 3 N–H and O–H groups in total. The standard InChI is InChI=1S/C38H48N4O2/c43-23-15-13-11-9-7-5-3-1-2-4-6-8-10-12-14-16-38(44)36-27-35-26-33-20-19-31(40-33)24-29-17-18-30(39-29)25-32-21-22-34(41-32)28-37(36)42-35/h17-22,24-28,42-44H,1-16,23H2. The van der Waals surface area contributed by atoms with Crippen LogP contribution < -0.4 is 10.6 Å². The molecule has 232 valence electrons. The van der Waals surface area contributed by atoms with Gasteiger partial charge in [0.05, 0.1) is 39.6 Å². The molecule has 0 atom stereocenters. The maximum absolute atomic E-state index is 11.2. The summed E-state index contributed by atoms with van der Waals surface area (Å²) in [5.41, 5.74) is 6.07. The molecule has 44 heavy (non-hydrogen) atoms. The van der Waals surface area contributed by atoms with Crippen LogP contribution in [0, 0.1) is 0 Å². The number of aromatic amines is 1. The number of allylic oxidation sites excluding steroid dienone is 8. The fraction of sp³-hybridized carbons (Fsp3) is 0.447. The van der Waals surface area contributed by atoms with Crippen LogP contribution in [-0.2, 0) is 0 Å².